The van der Waals surface area contributed by atoms with Gasteiger partial charge in [0.25, 0.3) is 0 Å². The summed E-state index contributed by atoms with van der Waals surface area (Å²) in [5.41, 5.74) is 0. The minimum atomic E-state index is -1.31. The van der Waals surface area contributed by atoms with Crippen LogP contribution in [0.25, 0.3) is 0 Å². The van der Waals surface area contributed by atoms with Gasteiger partial charge in [-0.1, -0.05) is 57.6 Å². The molecule has 1 atom stereocenters. The van der Waals surface area contributed by atoms with Gasteiger partial charge in [0, 0.05) is 0 Å². The Bertz CT molecular complexity index is 179. The maximum Gasteiger partial charge on any atom is 0.0753 e. The van der Waals surface area contributed by atoms with E-state index >= 15 is 0 Å². The second kappa shape index (κ2) is 6.41. The highest BCUT2D eigenvalue weighted by Gasteiger charge is 2.24. The summed E-state index contributed by atoms with van der Waals surface area (Å²) >= 11 is 0. The summed E-state index contributed by atoms with van der Waals surface area (Å²) in [5.74, 6) is 0. The van der Waals surface area contributed by atoms with Gasteiger partial charge >= 0.3 is 0 Å². The van der Waals surface area contributed by atoms with Gasteiger partial charge in [0.1, 0.15) is 0 Å². The molecule has 0 aliphatic heterocycles. The van der Waals surface area contributed by atoms with Crippen LogP contribution >= 0.6 is 0 Å². The van der Waals surface area contributed by atoms with Crippen LogP contribution in [0, 0.1) is 0 Å². The highest BCUT2D eigenvalue weighted by Crippen LogP contribution is 2.21. The molecule has 0 aliphatic rings. The number of hydrogen-bond acceptors (Lipinski definition) is 1. The van der Waals surface area contributed by atoms with Gasteiger partial charge in [0.15, 0.2) is 0 Å². The van der Waals surface area contributed by atoms with Crippen LogP contribution in [-0.4, -0.2) is 19.3 Å². The van der Waals surface area contributed by atoms with E-state index in [-0.39, 0.29) is 6.10 Å². The number of rotatable bonds is 6. The van der Waals surface area contributed by atoms with Crippen molar-refractivity contribution >= 4 is 8.07 Å². The molecule has 0 amide bonds. The van der Waals surface area contributed by atoms with Crippen LogP contribution in [0.2, 0.25) is 19.6 Å². The summed E-state index contributed by atoms with van der Waals surface area (Å²) in [4.78, 5) is 0. The molecular formula is C12H26OSi. The summed E-state index contributed by atoms with van der Waals surface area (Å²) < 4.78 is 0. The smallest absolute Gasteiger partial charge is 0.0753 e. The number of aliphatic hydroxyl groups excluding tert-OH is 1. The first-order valence-corrected chi connectivity index (χ1v) is 9.32. The summed E-state index contributed by atoms with van der Waals surface area (Å²) in [5, 5.41) is 11.3. The third-order valence-corrected chi connectivity index (χ3v) is 4.80. The summed E-state index contributed by atoms with van der Waals surface area (Å²) in [6.45, 7) is 11.2. The van der Waals surface area contributed by atoms with E-state index in [1.54, 1.807) is 0 Å². The topological polar surface area (TPSA) is 20.2 Å². The number of hydrogen-bond donors (Lipinski definition) is 1. The van der Waals surface area contributed by atoms with Crippen LogP contribution < -0.4 is 0 Å². The van der Waals surface area contributed by atoms with Crippen molar-refractivity contribution < 1.29 is 5.11 Å². The zero-order chi connectivity index (χ0) is 11.2. The van der Waals surface area contributed by atoms with Crippen molar-refractivity contribution in [2.45, 2.75) is 65.3 Å². The molecule has 0 radical (unpaired) electrons. The van der Waals surface area contributed by atoms with Gasteiger partial charge in [0.05, 0.1) is 14.2 Å². The Labute approximate surface area is 90.2 Å². The zero-order valence-electron chi connectivity index (χ0n) is 10.4. The van der Waals surface area contributed by atoms with E-state index < -0.39 is 8.07 Å². The van der Waals surface area contributed by atoms with E-state index in [2.05, 4.69) is 39.6 Å². The highest BCUT2D eigenvalue weighted by molar-refractivity contribution is 6.83. The molecule has 0 aromatic carbocycles. The first kappa shape index (κ1) is 13.9. The molecule has 0 rings (SSSR count). The largest absolute Gasteiger partial charge is 0.389 e. The fraction of sp³-hybridized carbons (Fsp3) is 0.833. The molecule has 0 fully saturated rings. The monoisotopic (exact) mass is 214 g/mol. The lowest BCUT2D eigenvalue weighted by molar-refractivity contribution is 0.212. The maximum absolute atomic E-state index is 9.92. The Hall–Kier alpha value is -0.0831. The van der Waals surface area contributed by atoms with Gasteiger partial charge in [0.2, 0.25) is 0 Å². The van der Waals surface area contributed by atoms with Crippen LogP contribution in [0.4, 0.5) is 0 Å². The third kappa shape index (κ3) is 4.96. The minimum Gasteiger partial charge on any atom is -0.389 e. The first-order valence-electron chi connectivity index (χ1n) is 5.82. The first-order chi connectivity index (χ1) is 6.43. The summed E-state index contributed by atoms with van der Waals surface area (Å²) in [7, 11) is -1.31. The lowest BCUT2D eigenvalue weighted by Crippen LogP contribution is -2.32. The quantitative estimate of drug-likeness (QED) is 0.527. The molecule has 84 valence electrons. The van der Waals surface area contributed by atoms with Crippen molar-refractivity contribution in [3.63, 3.8) is 0 Å². The third-order valence-electron chi connectivity index (χ3n) is 2.53. The molecule has 0 bridgehead atoms. The van der Waals surface area contributed by atoms with Gasteiger partial charge in [-0.3, -0.25) is 0 Å². The molecule has 0 aliphatic carbocycles. The van der Waals surface area contributed by atoms with Crippen molar-refractivity contribution in [1.29, 1.82) is 0 Å². The Morgan fingerprint density at radius 2 is 1.86 bits per heavy atom. The summed E-state index contributed by atoms with van der Waals surface area (Å²) in [6.07, 6.45) is 6.56. The van der Waals surface area contributed by atoms with Crippen molar-refractivity contribution in [2.24, 2.45) is 0 Å². The molecular weight excluding hydrogens is 188 g/mol. The zero-order valence-corrected chi connectivity index (χ0v) is 11.4. The Morgan fingerprint density at radius 3 is 2.21 bits per heavy atom. The fourth-order valence-electron chi connectivity index (χ4n) is 1.62. The van der Waals surface area contributed by atoms with E-state index in [9.17, 15) is 5.11 Å². The molecule has 1 unspecified atom stereocenters. The van der Waals surface area contributed by atoms with E-state index in [1.807, 2.05) is 0 Å². The van der Waals surface area contributed by atoms with E-state index in [4.69, 9.17) is 0 Å². The Kier molecular flexibility index (Phi) is 6.37. The average molecular weight is 214 g/mol. The molecule has 0 spiro atoms. The molecule has 0 saturated carbocycles. The number of unbranched alkanes of at least 4 members (excludes halogenated alkanes) is 2. The summed E-state index contributed by atoms with van der Waals surface area (Å²) in [6, 6.07) is 0. The molecule has 1 nitrogen and oxygen atoms in total. The van der Waals surface area contributed by atoms with E-state index in [0.29, 0.717) is 0 Å². The van der Waals surface area contributed by atoms with Crippen molar-refractivity contribution in [1.82, 2.24) is 0 Å². The molecule has 0 heterocycles. The second-order valence-corrected chi connectivity index (χ2v) is 10.1. The van der Waals surface area contributed by atoms with Gasteiger partial charge < -0.3 is 5.11 Å². The molecule has 1 N–H and O–H groups in total. The molecule has 0 aromatic heterocycles. The van der Waals surface area contributed by atoms with Crippen molar-refractivity contribution in [3.05, 3.63) is 11.3 Å². The Balaban J connectivity index is 4.47. The second-order valence-electron chi connectivity index (χ2n) is 4.98. The van der Waals surface area contributed by atoms with E-state index in [1.165, 1.54) is 18.0 Å². The standard InChI is InChI=1S/C12H26OSi/c1-6-8-9-10-12(11(13)7-2)14(3,4)5/h10-11,13H,6-9H2,1-5H3/b12-10-. The number of allylic oxidation sites excluding steroid dienone is 1. The minimum absolute atomic E-state index is 0.196. The Morgan fingerprint density at radius 1 is 1.29 bits per heavy atom. The van der Waals surface area contributed by atoms with Crippen LogP contribution in [0.3, 0.4) is 0 Å². The lowest BCUT2D eigenvalue weighted by atomic mass is 10.2. The highest BCUT2D eigenvalue weighted by atomic mass is 28.3. The predicted octanol–water partition coefficient (Wildman–Crippen LogP) is 3.75. The van der Waals surface area contributed by atoms with Crippen LogP contribution in [0.1, 0.15) is 39.5 Å². The fourth-order valence-corrected chi connectivity index (χ4v) is 3.58. The van der Waals surface area contributed by atoms with Crippen LogP contribution in [0.15, 0.2) is 11.3 Å². The number of aliphatic hydroxyl groups is 1. The molecule has 2 heteroatoms. The lowest BCUT2D eigenvalue weighted by Gasteiger charge is -2.25. The molecule has 14 heavy (non-hydrogen) atoms. The van der Waals surface area contributed by atoms with E-state index in [0.717, 1.165) is 12.8 Å². The average Bonchev–Trinajstić information content (AvgIpc) is 2.09. The van der Waals surface area contributed by atoms with Crippen molar-refractivity contribution in [3.8, 4) is 0 Å². The maximum atomic E-state index is 9.92. The van der Waals surface area contributed by atoms with Gasteiger partial charge in [-0.15, -0.1) is 0 Å². The van der Waals surface area contributed by atoms with Crippen LogP contribution in [-0.2, 0) is 0 Å². The normalized spacial score (nSPS) is 15.7. The molecule has 0 aromatic rings. The van der Waals surface area contributed by atoms with Gasteiger partial charge in [-0.25, -0.2) is 0 Å². The van der Waals surface area contributed by atoms with Gasteiger partial charge in [-0.2, -0.15) is 0 Å². The predicted molar refractivity (Wildman–Crippen MR) is 67.3 cm³/mol. The van der Waals surface area contributed by atoms with Crippen LogP contribution in [0.5, 0.6) is 0 Å². The SMILES string of the molecule is CCCC/C=C(/C(O)CC)[Si](C)(C)C. The van der Waals surface area contributed by atoms with Gasteiger partial charge in [-0.05, 0) is 12.8 Å². The molecule has 0 saturated heterocycles. The van der Waals surface area contributed by atoms with Crippen molar-refractivity contribution in [2.75, 3.05) is 0 Å².